The predicted octanol–water partition coefficient (Wildman–Crippen LogP) is 7.64. The van der Waals surface area contributed by atoms with Gasteiger partial charge in [-0.25, -0.2) is 14.4 Å². The maximum Gasteiger partial charge on any atom is 0.337 e. The monoisotopic (exact) mass is 504 g/mol. The maximum absolute atomic E-state index is 12.2. The first-order chi connectivity index (χ1) is 17.5. The molecule has 0 aliphatic heterocycles. The molecule has 0 radical (unpaired) electrons. The summed E-state index contributed by atoms with van der Waals surface area (Å²) >= 11 is 0. The minimum Gasteiger partial charge on any atom is -0.465 e. The normalized spacial score (nSPS) is 10.6. The van der Waals surface area contributed by atoms with E-state index in [9.17, 15) is 14.4 Å². The van der Waals surface area contributed by atoms with Crippen LogP contribution in [0, 0.1) is 0 Å². The lowest BCUT2D eigenvalue weighted by atomic mass is 10.0. The Labute approximate surface area is 218 Å². The maximum atomic E-state index is 12.2. The lowest BCUT2D eigenvalue weighted by Crippen LogP contribution is -2.29. The standard InChI is InChI=1S/C29H48N2O5/c1-4-5-6-7-8-9-10-11-12-13-14-15-16-17-18-19-20-30-29(34)31-26-22-24(27(32)35-2)21-25(23-26)28(33)36-3/h21-23H,4-20H2,1-3H3,(H2,30,31,34). The minimum absolute atomic E-state index is 0.161. The van der Waals surface area contributed by atoms with Crippen LogP contribution < -0.4 is 10.6 Å². The summed E-state index contributed by atoms with van der Waals surface area (Å²) < 4.78 is 9.42. The summed E-state index contributed by atoms with van der Waals surface area (Å²) in [4.78, 5) is 35.9. The van der Waals surface area contributed by atoms with E-state index < -0.39 is 11.9 Å². The van der Waals surface area contributed by atoms with Crippen LogP contribution in [-0.2, 0) is 9.47 Å². The first kappa shape index (κ1) is 31.5. The van der Waals surface area contributed by atoms with Gasteiger partial charge in [0.25, 0.3) is 0 Å². The van der Waals surface area contributed by atoms with E-state index in [1.54, 1.807) is 0 Å². The fraction of sp³-hybridized carbons (Fsp3) is 0.690. The summed E-state index contributed by atoms with van der Waals surface area (Å²) in [7, 11) is 2.51. The second-order valence-electron chi connectivity index (χ2n) is 9.47. The summed E-state index contributed by atoms with van der Waals surface area (Å²) in [5.74, 6) is -1.20. The number of amides is 2. The summed E-state index contributed by atoms with van der Waals surface area (Å²) in [5.41, 5.74) is 0.643. The third-order valence-electron chi connectivity index (χ3n) is 6.35. The number of methoxy groups -OCH3 is 2. The Morgan fingerprint density at radius 3 is 1.39 bits per heavy atom. The molecule has 1 aromatic carbocycles. The van der Waals surface area contributed by atoms with Gasteiger partial charge in [0.1, 0.15) is 0 Å². The summed E-state index contributed by atoms with van der Waals surface area (Å²) in [6, 6.07) is 3.92. The first-order valence-corrected chi connectivity index (χ1v) is 13.9. The number of ether oxygens (including phenoxy) is 2. The van der Waals surface area contributed by atoms with Gasteiger partial charge in [-0.1, -0.05) is 103 Å². The van der Waals surface area contributed by atoms with Crippen LogP contribution in [0.15, 0.2) is 18.2 Å². The average Bonchev–Trinajstić information content (AvgIpc) is 2.89. The van der Waals surface area contributed by atoms with Crippen LogP contribution in [-0.4, -0.2) is 38.7 Å². The van der Waals surface area contributed by atoms with Gasteiger partial charge in [0.15, 0.2) is 0 Å². The van der Waals surface area contributed by atoms with Crippen LogP contribution in [0.3, 0.4) is 0 Å². The van der Waals surface area contributed by atoms with Crippen LogP contribution in [0.4, 0.5) is 10.5 Å². The van der Waals surface area contributed by atoms with Gasteiger partial charge in [0.05, 0.1) is 25.3 Å². The lowest BCUT2D eigenvalue weighted by Gasteiger charge is -2.10. The molecule has 0 aromatic heterocycles. The second kappa shape index (κ2) is 20.6. The largest absolute Gasteiger partial charge is 0.465 e. The van der Waals surface area contributed by atoms with E-state index in [1.165, 1.54) is 122 Å². The van der Waals surface area contributed by atoms with Crippen molar-refractivity contribution in [2.24, 2.45) is 0 Å². The van der Waals surface area contributed by atoms with E-state index in [-0.39, 0.29) is 17.2 Å². The predicted molar refractivity (Wildman–Crippen MR) is 146 cm³/mol. The van der Waals surface area contributed by atoms with Crippen molar-refractivity contribution in [2.45, 2.75) is 110 Å². The van der Waals surface area contributed by atoms with Gasteiger partial charge in [0, 0.05) is 12.2 Å². The molecule has 1 aromatic rings. The topological polar surface area (TPSA) is 93.7 Å². The molecular formula is C29H48N2O5. The van der Waals surface area contributed by atoms with E-state index in [0.717, 1.165) is 12.8 Å². The first-order valence-electron chi connectivity index (χ1n) is 13.9. The molecular weight excluding hydrogens is 456 g/mol. The van der Waals surface area contributed by atoms with Crippen molar-refractivity contribution in [3.05, 3.63) is 29.3 Å². The molecule has 2 amide bonds. The smallest absolute Gasteiger partial charge is 0.337 e. The third-order valence-corrected chi connectivity index (χ3v) is 6.35. The van der Waals surface area contributed by atoms with Crippen molar-refractivity contribution in [3.8, 4) is 0 Å². The van der Waals surface area contributed by atoms with Crippen LogP contribution in [0.25, 0.3) is 0 Å². The van der Waals surface area contributed by atoms with Crippen LogP contribution in [0.5, 0.6) is 0 Å². The molecule has 204 valence electrons. The zero-order chi connectivity index (χ0) is 26.4. The Hall–Kier alpha value is -2.57. The zero-order valence-electron chi connectivity index (χ0n) is 22.8. The highest BCUT2D eigenvalue weighted by molar-refractivity contribution is 5.99. The number of unbranched alkanes of at least 4 members (excludes halogenated alkanes) is 15. The number of benzene rings is 1. The van der Waals surface area contributed by atoms with Gasteiger partial charge in [-0.05, 0) is 24.6 Å². The molecule has 0 bridgehead atoms. The molecule has 36 heavy (non-hydrogen) atoms. The summed E-state index contributed by atoms with van der Waals surface area (Å²) in [5, 5.41) is 5.49. The van der Waals surface area contributed by atoms with E-state index in [2.05, 4.69) is 17.6 Å². The average molecular weight is 505 g/mol. The number of hydrogen-bond acceptors (Lipinski definition) is 5. The summed E-state index contributed by atoms with van der Waals surface area (Å²) in [6.07, 6.45) is 20.9. The molecule has 0 spiro atoms. The van der Waals surface area contributed by atoms with Gasteiger partial charge in [0.2, 0.25) is 0 Å². The van der Waals surface area contributed by atoms with E-state index in [1.807, 2.05) is 0 Å². The van der Waals surface area contributed by atoms with Crippen molar-refractivity contribution in [3.63, 3.8) is 0 Å². The number of carbonyl (C=O) groups is 3. The third kappa shape index (κ3) is 14.7. The number of anilines is 1. The molecule has 0 heterocycles. The van der Waals surface area contributed by atoms with Crippen molar-refractivity contribution in [1.29, 1.82) is 0 Å². The molecule has 0 fully saturated rings. The van der Waals surface area contributed by atoms with Gasteiger partial charge in [-0.15, -0.1) is 0 Å². The van der Waals surface area contributed by atoms with Crippen LogP contribution in [0.2, 0.25) is 0 Å². The molecule has 0 atom stereocenters. The number of esters is 2. The Kier molecular flexibility index (Phi) is 18.0. The number of urea groups is 1. The number of carbonyl (C=O) groups excluding carboxylic acids is 3. The van der Waals surface area contributed by atoms with Crippen molar-refractivity contribution in [1.82, 2.24) is 5.32 Å². The molecule has 7 heteroatoms. The van der Waals surface area contributed by atoms with E-state index in [0.29, 0.717) is 12.2 Å². The highest BCUT2D eigenvalue weighted by Gasteiger charge is 2.15. The highest BCUT2D eigenvalue weighted by atomic mass is 16.5. The van der Waals surface area contributed by atoms with Gasteiger partial charge >= 0.3 is 18.0 Å². The number of hydrogen-bond donors (Lipinski definition) is 2. The molecule has 0 aliphatic carbocycles. The fourth-order valence-electron chi connectivity index (χ4n) is 4.22. The Bertz CT molecular complexity index is 732. The van der Waals surface area contributed by atoms with Crippen molar-refractivity contribution in [2.75, 3.05) is 26.1 Å². The van der Waals surface area contributed by atoms with Gasteiger partial charge < -0.3 is 20.1 Å². The molecule has 7 nitrogen and oxygen atoms in total. The lowest BCUT2D eigenvalue weighted by molar-refractivity contribution is 0.0599. The van der Waals surface area contributed by atoms with Crippen molar-refractivity contribution < 1.29 is 23.9 Å². The van der Waals surface area contributed by atoms with Crippen LogP contribution in [0.1, 0.15) is 130 Å². The van der Waals surface area contributed by atoms with Gasteiger partial charge in [-0.2, -0.15) is 0 Å². The Balaban J connectivity index is 2.09. The quantitative estimate of drug-likeness (QED) is 0.140. The Morgan fingerprint density at radius 1 is 0.611 bits per heavy atom. The van der Waals surface area contributed by atoms with E-state index in [4.69, 9.17) is 9.47 Å². The number of rotatable bonds is 20. The Morgan fingerprint density at radius 2 is 1.00 bits per heavy atom. The highest BCUT2D eigenvalue weighted by Crippen LogP contribution is 2.17. The molecule has 0 saturated heterocycles. The molecule has 2 N–H and O–H groups in total. The summed E-state index contributed by atoms with van der Waals surface area (Å²) in [6.45, 7) is 2.84. The zero-order valence-corrected chi connectivity index (χ0v) is 22.8. The molecule has 1 rings (SSSR count). The second-order valence-corrected chi connectivity index (χ2v) is 9.47. The minimum atomic E-state index is -0.600. The molecule has 0 saturated carbocycles. The number of nitrogens with one attached hydrogen (secondary N) is 2. The molecule has 0 aliphatic rings. The van der Waals surface area contributed by atoms with Crippen LogP contribution >= 0.6 is 0 Å². The van der Waals surface area contributed by atoms with Gasteiger partial charge in [-0.3, -0.25) is 0 Å². The SMILES string of the molecule is CCCCCCCCCCCCCCCCCCNC(=O)Nc1cc(C(=O)OC)cc(C(=O)OC)c1. The van der Waals surface area contributed by atoms with E-state index >= 15 is 0 Å². The van der Waals surface area contributed by atoms with Crippen molar-refractivity contribution >= 4 is 23.7 Å². The molecule has 0 unspecified atom stereocenters. The fourth-order valence-corrected chi connectivity index (χ4v) is 4.22.